The van der Waals surface area contributed by atoms with Gasteiger partial charge in [-0.2, -0.15) is 0 Å². The summed E-state index contributed by atoms with van der Waals surface area (Å²) in [7, 11) is 1.49. The third kappa shape index (κ3) is 2.47. The smallest absolute Gasteiger partial charge is 0.271 e. The molecule has 3 amide bonds. The molecule has 2 aliphatic rings. The van der Waals surface area contributed by atoms with Crippen LogP contribution in [0.25, 0.3) is 0 Å². The number of amides is 3. The number of anilines is 2. The summed E-state index contributed by atoms with van der Waals surface area (Å²) in [5.74, 6) is -1.86. The number of carbonyl (C=O) groups excluding carboxylic acids is 3. The summed E-state index contributed by atoms with van der Waals surface area (Å²) >= 11 is 3.17. The molecule has 1 fully saturated rings. The number of benzene rings is 2. The summed E-state index contributed by atoms with van der Waals surface area (Å²) in [6, 6.07) is 10.9. The number of para-hydroxylation sites is 1. The Kier molecular flexibility index (Phi) is 4.03. The molecule has 8 heteroatoms. The number of halogens is 2. The van der Waals surface area contributed by atoms with Crippen molar-refractivity contribution in [1.82, 2.24) is 4.90 Å². The zero-order valence-electron chi connectivity index (χ0n) is 14.3. The number of nitrogens with zero attached hydrogens (tertiary/aromatic N) is 2. The van der Waals surface area contributed by atoms with E-state index >= 15 is 0 Å². The lowest BCUT2D eigenvalue weighted by Crippen LogP contribution is -2.68. The highest BCUT2D eigenvalue weighted by Gasteiger charge is 2.59. The Balaban J connectivity index is 1.81. The third-order valence-electron chi connectivity index (χ3n) is 5.08. The topological polar surface area (TPSA) is 69.7 Å². The SMILES string of the molecule is CN1C(=O)c2ccccc2N2C(=O)CC[C@]12C(=O)Nc1ccc(Br)cc1F. The molecular formula is C19H15BrFN3O3. The van der Waals surface area contributed by atoms with Gasteiger partial charge in [0, 0.05) is 24.4 Å². The average molecular weight is 432 g/mol. The average Bonchev–Trinajstić information content (AvgIpc) is 3.01. The first-order valence-corrected chi connectivity index (χ1v) is 9.12. The van der Waals surface area contributed by atoms with Crippen LogP contribution < -0.4 is 10.2 Å². The lowest BCUT2D eigenvalue weighted by Gasteiger charge is -2.47. The minimum absolute atomic E-state index is 0.0171. The summed E-state index contributed by atoms with van der Waals surface area (Å²) in [6.45, 7) is 0. The Morgan fingerprint density at radius 3 is 2.70 bits per heavy atom. The van der Waals surface area contributed by atoms with E-state index in [0.717, 1.165) is 0 Å². The van der Waals surface area contributed by atoms with E-state index in [1.54, 1.807) is 30.3 Å². The monoisotopic (exact) mass is 431 g/mol. The molecule has 1 N–H and O–H groups in total. The lowest BCUT2D eigenvalue weighted by atomic mass is 9.96. The lowest BCUT2D eigenvalue weighted by molar-refractivity contribution is -0.128. The number of rotatable bonds is 2. The first kappa shape index (κ1) is 17.7. The number of likely N-dealkylation sites (N-methyl/N-ethyl adjacent to an activating group) is 1. The van der Waals surface area contributed by atoms with Gasteiger partial charge in [-0.3, -0.25) is 19.3 Å². The number of hydrogen-bond acceptors (Lipinski definition) is 3. The predicted octanol–water partition coefficient (Wildman–Crippen LogP) is 3.14. The largest absolute Gasteiger partial charge is 0.320 e. The van der Waals surface area contributed by atoms with Gasteiger partial charge in [0.15, 0.2) is 0 Å². The molecule has 0 radical (unpaired) electrons. The molecule has 27 heavy (non-hydrogen) atoms. The molecule has 4 rings (SSSR count). The van der Waals surface area contributed by atoms with Crippen molar-refractivity contribution in [1.29, 1.82) is 0 Å². The van der Waals surface area contributed by atoms with Gasteiger partial charge in [-0.25, -0.2) is 4.39 Å². The molecule has 0 aliphatic carbocycles. The number of nitrogens with one attached hydrogen (secondary N) is 1. The minimum Gasteiger partial charge on any atom is -0.320 e. The van der Waals surface area contributed by atoms with Crippen LogP contribution in [0.3, 0.4) is 0 Å². The highest BCUT2D eigenvalue weighted by molar-refractivity contribution is 9.10. The van der Waals surface area contributed by atoms with Gasteiger partial charge >= 0.3 is 0 Å². The molecule has 1 atom stereocenters. The van der Waals surface area contributed by atoms with Crippen LogP contribution in [0.2, 0.25) is 0 Å². The highest BCUT2D eigenvalue weighted by atomic mass is 79.9. The number of fused-ring (bicyclic) bond motifs is 3. The van der Waals surface area contributed by atoms with Gasteiger partial charge in [0.1, 0.15) is 5.82 Å². The Labute approximate surface area is 163 Å². The van der Waals surface area contributed by atoms with Gasteiger partial charge in [0.05, 0.1) is 16.9 Å². The normalized spacial score (nSPS) is 21.1. The van der Waals surface area contributed by atoms with Crippen molar-refractivity contribution >= 4 is 45.0 Å². The fourth-order valence-corrected chi connectivity index (χ4v) is 4.07. The molecule has 2 aromatic rings. The van der Waals surface area contributed by atoms with Crippen LogP contribution in [0.1, 0.15) is 23.2 Å². The Morgan fingerprint density at radius 2 is 1.96 bits per heavy atom. The molecular weight excluding hydrogens is 417 g/mol. The van der Waals surface area contributed by atoms with E-state index in [4.69, 9.17) is 0 Å². The highest BCUT2D eigenvalue weighted by Crippen LogP contribution is 2.44. The molecule has 1 saturated heterocycles. The van der Waals surface area contributed by atoms with Crippen molar-refractivity contribution < 1.29 is 18.8 Å². The molecule has 0 spiro atoms. The second-order valence-corrected chi connectivity index (χ2v) is 7.42. The van der Waals surface area contributed by atoms with Crippen molar-refractivity contribution in [3.8, 4) is 0 Å². The van der Waals surface area contributed by atoms with Crippen LogP contribution >= 0.6 is 15.9 Å². The molecule has 0 aromatic heterocycles. The fraction of sp³-hybridized carbons (Fsp3) is 0.211. The Bertz CT molecular complexity index is 996. The van der Waals surface area contributed by atoms with Crippen LogP contribution in [-0.4, -0.2) is 35.3 Å². The van der Waals surface area contributed by atoms with Crippen molar-refractivity contribution in [2.45, 2.75) is 18.5 Å². The van der Waals surface area contributed by atoms with Gasteiger partial charge in [0.25, 0.3) is 11.8 Å². The van der Waals surface area contributed by atoms with Crippen LogP contribution in [0.15, 0.2) is 46.9 Å². The van der Waals surface area contributed by atoms with Crippen molar-refractivity contribution in [2.75, 3.05) is 17.3 Å². The van der Waals surface area contributed by atoms with Gasteiger partial charge < -0.3 is 10.2 Å². The zero-order chi connectivity index (χ0) is 19.3. The van der Waals surface area contributed by atoms with E-state index in [1.807, 2.05) is 0 Å². The molecule has 2 aliphatic heterocycles. The van der Waals surface area contributed by atoms with Crippen LogP contribution in [-0.2, 0) is 9.59 Å². The fourth-order valence-electron chi connectivity index (χ4n) is 3.74. The van der Waals surface area contributed by atoms with Gasteiger partial charge in [0.2, 0.25) is 11.6 Å². The predicted molar refractivity (Wildman–Crippen MR) is 101 cm³/mol. The zero-order valence-corrected chi connectivity index (χ0v) is 15.9. The molecule has 6 nitrogen and oxygen atoms in total. The quantitative estimate of drug-likeness (QED) is 0.793. The Hall–Kier alpha value is -2.74. The number of carbonyl (C=O) groups is 3. The van der Waals surface area contributed by atoms with E-state index < -0.39 is 17.4 Å². The van der Waals surface area contributed by atoms with E-state index in [0.29, 0.717) is 15.7 Å². The minimum atomic E-state index is -1.53. The van der Waals surface area contributed by atoms with Gasteiger partial charge in [-0.1, -0.05) is 28.1 Å². The van der Waals surface area contributed by atoms with Crippen LogP contribution in [0.4, 0.5) is 15.8 Å². The van der Waals surface area contributed by atoms with E-state index in [1.165, 1.54) is 29.0 Å². The molecule has 0 unspecified atom stereocenters. The summed E-state index contributed by atoms with van der Waals surface area (Å²) in [6.07, 6.45) is 0.245. The summed E-state index contributed by atoms with van der Waals surface area (Å²) < 4.78 is 14.7. The van der Waals surface area contributed by atoms with Gasteiger partial charge in [-0.05, 0) is 30.3 Å². The molecule has 2 heterocycles. The molecule has 0 saturated carbocycles. The number of hydrogen-bond donors (Lipinski definition) is 1. The van der Waals surface area contributed by atoms with Crippen LogP contribution in [0, 0.1) is 5.82 Å². The second kappa shape index (κ2) is 6.16. The second-order valence-electron chi connectivity index (χ2n) is 6.51. The van der Waals surface area contributed by atoms with Crippen LogP contribution in [0.5, 0.6) is 0 Å². The van der Waals surface area contributed by atoms with Gasteiger partial charge in [-0.15, -0.1) is 0 Å². The Morgan fingerprint density at radius 1 is 1.22 bits per heavy atom. The van der Waals surface area contributed by atoms with Crippen molar-refractivity contribution in [3.05, 3.63) is 58.3 Å². The maximum absolute atomic E-state index is 14.2. The first-order valence-electron chi connectivity index (χ1n) is 8.33. The maximum atomic E-state index is 14.2. The van der Waals surface area contributed by atoms with E-state index in [2.05, 4.69) is 21.2 Å². The van der Waals surface area contributed by atoms with Crippen molar-refractivity contribution in [2.24, 2.45) is 0 Å². The maximum Gasteiger partial charge on any atom is 0.271 e. The third-order valence-corrected chi connectivity index (χ3v) is 5.58. The summed E-state index contributed by atoms with van der Waals surface area (Å²) in [5, 5.41) is 2.55. The summed E-state index contributed by atoms with van der Waals surface area (Å²) in [5.41, 5.74) is -0.790. The van der Waals surface area contributed by atoms with E-state index in [-0.39, 0.29) is 30.3 Å². The summed E-state index contributed by atoms with van der Waals surface area (Å²) in [4.78, 5) is 41.4. The molecule has 0 bridgehead atoms. The van der Waals surface area contributed by atoms with Crippen molar-refractivity contribution in [3.63, 3.8) is 0 Å². The standard InChI is InChI=1S/C19H15BrFN3O3/c1-23-17(26)12-4-2-3-5-15(12)24-16(25)8-9-19(23,24)18(27)22-14-7-6-11(20)10-13(14)21/h2-7,10H,8-9H2,1H3,(H,22,27)/t19-/m0/s1. The molecule has 138 valence electrons. The first-order chi connectivity index (χ1) is 12.9. The van der Waals surface area contributed by atoms with E-state index in [9.17, 15) is 18.8 Å². The molecule has 2 aromatic carbocycles.